The maximum atomic E-state index is 4.70. The van der Waals surface area contributed by atoms with Gasteiger partial charge < -0.3 is 0 Å². The third-order valence-electron chi connectivity index (χ3n) is 3.44. The maximum Gasteiger partial charge on any atom is 0.253 e. The fourth-order valence-electron chi connectivity index (χ4n) is 2.44. The first-order chi connectivity index (χ1) is 10.8. The van der Waals surface area contributed by atoms with Gasteiger partial charge in [0.05, 0.1) is 5.69 Å². The van der Waals surface area contributed by atoms with E-state index in [-0.39, 0.29) is 0 Å². The Labute approximate surface area is 135 Å². The van der Waals surface area contributed by atoms with Crippen molar-refractivity contribution in [2.24, 2.45) is 0 Å². The summed E-state index contributed by atoms with van der Waals surface area (Å²) in [5.41, 5.74) is 4.08. The smallest absolute Gasteiger partial charge is 0.210 e. The van der Waals surface area contributed by atoms with Crippen LogP contribution in [-0.4, -0.2) is 19.6 Å². The van der Waals surface area contributed by atoms with Gasteiger partial charge in [-0.2, -0.15) is 4.98 Å². The first-order valence-corrected chi connectivity index (χ1v) is 7.64. The summed E-state index contributed by atoms with van der Waals surface area (Å²) < 4.78 is 2.22. The van der Waals surface area contributed by atoms with E-state index in [2.05, 4.69) is 50.3 Å². The molecule has 4 rings (SSSR count). The van der Waals surface area contributed by atoms with E-state index in [0.717, 1.165) is 22.4 Å². The fourth-order valence-corrected chi connectivity index (χ4v) is 2.77. The average Bonchev–Trinajstić information content (AvgIpc) is 2.94. The van der Waals surface area contributed by atoms with Crippen molar-refractivity contribution in [1.82, 2.24) is 19.6 Å². The van der Waals surface area contributed by atoms with Gasteiger partial charge in [-0.05, 0) is 21.5 Å². The molecule has 0 spiro atoms. The Morgan fingerprint density at radius 3 is 2.09 bits per heavy atom. The number of rotatable bonds is 2. The zero-order chi connectivity index (χ0) is 14.9. The first-order valence-electron chi connectivity index (χ1n) is 6.85. The van der Waals surface area contributed by atoms with Gasteiger partial charge in [-0.1, -0.05) is 60.7 Å². The van der Waals surface area contributed by atoms with Crippen LogP contribution in [0.2, 0.25) is 0 Å². The molecule has 22 heavy (non-hydrogen) atoms. The zero-order valence-electron chi connectivity index (χ0n) is 11.5. The van der Waals surface area contributed by atoms with Gasteiger partial charge >= 0.3 is 0 Å². The van der Waals surface area contributed by atoms with E-state index in [1.54, 1.807) is 4.52 Å². The van der Waals surface area contributed by atoms with Crippen LogP contribution < -0.4 is 0 Å². The summed E-state index contributed by atoms with van der Waals surface area (Å²) in [6, 6.07) is 20.3. The molecule has 0 aliphatic carbocycles. The molecule has 5 heteroatoms. The lowest BCUT2D eigenvalue weighted by Crippen LogP contribution is -1.97. The lowest BCUT2D eigenvalue weighted by molar-refractivity contribution is 0.930. The number of benzene rings is 2. The zero-order valence-corrected chi connectivity index (χ0v) is 13.1. The van der Waals surface area contributed by atoms with Crippen LogP contribution in [0.4, 0.5) is 0 Å². The molecule has 0 unspecified atom stereocenters. The van der Waals surface area contributed by atoms with E-state index in [4.69, 9.17) is 4.98 Å². The predicted molar refractivity (Wildman–Crippen MR) is 89.4 cm³/mol. The Morgan fingerprint density at radius 2 is 1.41 bits per heavy atom. The van der Waals surface area contributed by atoms with Crippen molar-refractivity contribution in [1.29, 1.82) is 0 Å². The summed E-state index contributed by atoms with van der Waals surface area (Å²) in [5.74, 6) is 0.574. The van der Waals surface area contributed by atoms with E-state index in [1.165, 1.54) is 0 Å². The molecular weight excluding hydrogens is 340 g/mol. The molecule has 2 aromatic heterocycles. The molecule has 0 aliphatic heterocycles. The largest absolute Gasteiger partial charge is 0.253 e. The fraction of sp³-hybridized carbons (Fsp3) is 0. The van der Waals surface area contributed by atoms with Crippen LogP contribution in [0.15, 0.2) is 71.6 Å². The van der Waals surface area contributed by atoms with Gasteiger partial charge in [0.2, 0.25) is 4.73 Å². The molecule has 0 atom stereocenters. The van der Waals surface area contributed by atoms with E-state index >= 15 is 0 Å². The molecule has 2 heterocycles. The molecule has 0 bridgehead atoms. The summed E-state index contributed by atoms with van der Waals surface area (Å²) in [5, 5.41) is 4.29. The van der Waals surface area contributed by atoms with Crippen LogP contribution in [0, 0.1) is 0 Å². The molecule has 0 amide bonds. The Kier molecular flexibility index (Phi) is 3.20. The SMILES string of the molecule is Brc1nc2nc(-c3ccccc3)c(-c3ccccc3)cn2n1. The van der Waals surface area contributed by atoms with Crippen molar-refractivity contribution in [3.63, 3.8) is 0 Å². The van der Waals surface area contributed by atoms with Crippen LogP contribution >= 0.6 is 15.9 Å². The second-order valence-electron chi connectivity index (χ2n) is 4.86. The number of halogens is 1. The van der Waals surface area contributed by atoms with Crippen molar-refractivity contribution >= 4 is 21.7 Å². The number of nitrogens with zero attached hydrogens (tertiary/aromatic N) is 4. The third-order valence-corrected chi connectivity index (χ3v) is 3.77. The topological polar surface area (TPSA) is 43.1 Å². The highest BCUT2D eigenvalue weighted by Crippen LogP contribution is 2.30. The molecule has 4 nitrogen and oxygen atoms in total. The van der Waals surface area contributed by atoms with E-state index < -0.39 is 0 Å². The van der Waals surface area contributed by atoms with Crippen LogP contribution in [-0.2, 0) is 0 Å². The number of hydrogen-bond donors (Lipinski definition) is 0. The Balaban J connectivity index is 2.04. The van der Waals surface area contributed by atoms with Gasteiger partial charge in [-0.15, -0.1) is 5.10 Å². The van der Waals surface area contributed by atoms with Crippen LogP contribution in [0.5, 0.6) is 0 Å². The molecule has 0 radical (unpaired) electrons. The van der Waals surface area contributed by atoms with Gasteiger partial charge in [-0.25, -0.2) is 9.50 Å². The summed E-state index contributed by atoms with van der Waals surface area (Å²) in [7, 11) is 0. The summed E-state index contributed by atoms with van der Waals surface area (Å²) in [6.45, 7) is 0. The molecule has 0 saturated carbocycles. The minimum absolute atomic E-state index is 0.532. The highest BCUT2D eigenvalue weighted by molar-refractivity contribution is 9.10. The Hall–Kier alpha value is -2.53. The van der Waals surface area contributed by atoms with Crippen LogP contribution in [0.1, 0.15) is 0 Å². The van der Waals surface area contributed by atoms with Gasteiger partial charge in [0.15, 0.2) is 0 Å². The van der Waals surface area contributed by atoms with Crippen molar-refractivity contribution in [3.8, 4) is 22.4 Å². The van der Waals surface area contributed by atoms with Gasteiger partial charge in [0.25, 0.3) is 5.78 Å². The number of aromatic nitrogens is 4. The second kappa shape index (κ2) is 5.35. The molecule has 0 fully saturated rings. The van der Waals surface area contributed by atoms with Gasteiger partial charge in [0, 0.05) is 17.3 Å². The van der Waals surface area contributed by atoms with Crippen molar-refractivity contribution in [2.75, 3.05) is 0 Å². The lowest BCUT2D eigenvalue weighted by Gasteiger charge is -2.09. The van der Waals surface area contributed by atoms with Crippen molar-refractivity contribution < 1.29 is 0 Å². The van der Waals surface area contributed by atoms with Crippen molar-refractivity contribution in [3.05, 3.63) is 71.6 Å². The highest BCUT2D eigenvalue weighted by Gasteiger charge is 2.13. The Morgan fingerprint density at radius 1 is 0.773 bits per heavy atom. The monoisotopic (exact) mass is 350 g/mol. The van der Waals surface area contributed by atoms with Crippen LogP contribution in [0.3, 0.4) is 0 Å². The van der Waals surface area contributed by atoms with E-state index in [1.807, 2.05) is 42.6 Å². The predicted octanol–water partition coefficient (Wildman–Crippen LogP) is 4.22. The molecule has 0 saturated heterocycles. The van der Waals surface area contributed by atoms with E-state index in [0.29, 0.717) is 10.5 Å². The molecule has 0 aliphatic rings. The second-order valence-corrected chi connectivity index (χ2v) is 5.57. The quantitative estimate of drug-likeness (QED) is 0.543. The Bertz CT molecular complexity index is 856. The number of hydrogen-bond acceptors (Lipinski definition) is 3. The third kappa shape index (κ3) is 2.29. The highest BCUT2D eigenvalue weighted by atomic mass is 79.9. The van der Waals surface area contributed by atoms with Crippen LogP contribution in [0.25, 0.3) is 28.2 Å². The molecular formula is C17H11BrN4. The molecule has 4 aromatic rings. The summed E-state index contributed by atoms with van der Waals surface area (Å²) in [4.78, 5) is 8.99. The standard InChI is InChI=1S/C17H11BrN4/c18-16-20-17-19-15(13-9-5-2-6-10-13)14(11-22(17)21-16)12-7-3-1-4-8-12/h1-11H. The van der Waals surface area contributed by atoms with Gasteiger partial charge in [-0.3, -0.25) is 0 Å². The minimum atomic E-state index is 0.532. The van der Waals surface area contributed by atoms with Crippen molar-refractivity contribution in [2.45, 2.75) is 0 Å². The maximum absolute atomic E-state index is 4.70. The molecule has 106 valence electrons. The number of fused-ring (bicyclic) bond motifs is 1. The summed E-state index contributed by atoms with van der Waals surface area (Å²) >= 11 is 3.30. The van der Waals surface area contributed by atoms with E-state index in [9.17, 15) is 0 Å². The normalized spacial score (nSPS) is 11.0. The molecule has 0 N–H and O–H groups in total. The summed E-state index contributed by atoms with van der Waals surface area (Å²) in [6.07, 6.45) is 1.97. The first kappa shape index (κ1) is 13.2. The molecule has 2 aromatic carbocycles. The lowest BCUT2D eigenvalue weighted by atomic mass is 10.0. The minimum Gasteiger partial charge on any atom is -0.210 e. The average molecular weight is 351 g/mol. The van der Waals surface area contributed by atoms with Gasteiger partial charge in [0.1, 0.15) is 0 Å².